The number of hydrogen-bond donors (Lipinski definition) is 1. The molecular weight excluding hydrogens is 448 g/mol. The standard InChI is InChI=1S/C32H28O4/c33-27(22-13-5-1-6-14-22)21-26-28(29(34)23-15-7-2-8-16-23)32(30(35)24-17-9-3-10-18-24)36-31(26)25-19-11-4-12-20-25/h1-20,26,28,30-32,35H,21H2/t26-,28-,30+,31+,32+/m1/s1. The molecule has 4 aromatic carbocycles. The molecule has 1 aliphatic rings. The van der Waals surface area contributed by atoms with Crippen LogP contribution < -0.4 is 0 Å². The Morgan fingerprint density at radius 2 is 1.19 bits per heavy atom. The van der Waals surface area contributed by atoms with Crippen LogP contribution in [0.2, 0.25) is 0 Å². The van der Waals surface area contributed by atoms with Crippen LogP contribution in [-0.2, 0) is 4.74 Å². The predicted octanol–water partition coefficient (Wildman–Crippen LogP) is 6.25. The average molecular weight is 477 g/mol. The third kappa shape index (κ3) is 4.92. The highest BCUT2D eigenvalue weighted by Gasteiger charge is 2.52. The van der Waals surface area contributed by atoms with E-state index >= 15 is 0 Å². The first-order valence-corrected chi connectivity index (χ1v) is 12.2. The van der Waals surface area contributed by atoms with E-state index in [1.54, 1.807) is 24.3 Å². The molecule has 1 saturated heterocycles. The lowest BCUT2D eigenvalue weighted by molar-refractivity contribution is -0.0476. The van der Waals surface area contributed by atoms with Crippen LogP contribution in [0.5, 0.6) is 0 Å². The van der Waals surface area contributed by atoms with Crippen molar-refractivity contribution in [1.82, 2.24) is 0 Å². The molecule has 0 unspecified atom stereocenters. The summed E-state index contributed by atoms with van der Waals surface area (Å²) in [6.07, 6.45) is -2.21. The van der Waals surface area contributed by atoms with Crippen LogP contribution in [0.4, 0.5) is 0 Å². The van der Waals surface area contributed by atoms with Crippen LogP contribution in [0.25, 0.3) is 0 Å². The van der Waals surface area contributed by atoms with Gasteiger partial charge >= 0.3 is 0 Å². The van der Waals surface area contributed by atoms with E-state index in [9.17, 15) is 14.7 Å². The van der Waals surface area contributed by atoms with Crippen LogP contribution in [0.1, 0.15) is 50.5 Å². The van der Waals surface area contributed by atoms with Crippen molar-refractivity contribution < 1.29 is 19.4 Å². The van der Waals surface area contributed by atoms with Crippen molar-refractivity contribution in [3.05, 3.63) is 144 Å². The van der Waals surface area contributed by atoms with Crippen molar-refractivity contribution in [3.63, 3.8) is 0 Å². The van der Waals surface area contributed by atoms with Crippen molar-refractivity contribution in [2.45, 2.75) is 24.7 Å². The van der Waals surface area contributed by atoms with Gasteiger partial charge < -0.3 is 9.84 Å². The molecule has 36 heavy (non-hydrogen) atoms. The largest absolute Gasteiger partial charge is 0.386 e. The van der Waals surface area contributed by atoms with E-state index in [0.29, 0.717) is 16.7 Å². The van der Waals surface area contributed by atoms with Gasteiger partial charge in [-0.15, -0.1) is 0 Å². The summed E-state index contributed by atoms with van der Waals surface area (Å²) in [5.74, 6) is -1.33. The maximum atomic E-state index is 14.0. The number of ketones is 2. The molecule has 4 aromatic rings. The van der Waals surface area contributed by atoms with E-state index in [0.717, 1.165) is 5.56 Å². The number of carbonyl (C=O) groups is 2. The molecule has 1 aliphatic heterocycles. The van der Waals surface area contributed by atoms with Gasteiger partial charge in [0.2, 0.25) is 0 Å². The fourth-order valence-corrected chi connectivity index (χ4v) is 5.19. The Bertz CT molecular complexity index is 1290. The van der Waals surface area contributed by atoms with Crippen LogP contribution in [-0.4, -0.2) is 22.8 Å². The molecule has 5 atom stereocenters. The van der Waals surface area contributed by atoms with Gasteiger partial charge in [-0.05, 0) is 11.1 Å². The first kappa shape index (κ1) is 23.9. The first-order valence-electron chi connectivity index (χ1n) is 12.2. The fourth-order valence-electron chi connectivity index (χ4n) is 5.19. The van der Waals surface area contributed by atoms with Crippen molar-refractivity contribution in [1.29, 1.82) is 0 Å². The lowest BCUT2D eigenvalue weighted by Gasteiger charge is -2.26. The highest BCUT2D eigenvalue weighted by atomic mass is 16.5. The topological polar surface area (TPSA) is 63.6 Å². The summed E-state index contributed by atoms with van der Waals surface area (Å²) in [5, 5.41) is 11.5. The van der Waals surface area contributed by atoms with E-state index in [2.05, 4.69) is 0 Å². The smallest absolute Gasteiger partial charge is 0.169 e. The molecule has 4 nitrogen and oxygen atoms in total. The first-order chi connectivity index (χ1) is 17.6. The maximum Gasteiger partial charge on any atom is 0.169 e. The van der Waals surface area contributed by atoms with Gasteiger partial charge in [-0.3, -0.25) is 9.59 Å². The Morgan fingerprint density at radius 1 is 0.694 bits per heavy atom. The number of carbonyl (C=O) groups excluding carboxylic acids is 2. The molecule has 0 radical (unpaired) electrons. The fraction of sp³-hybridized carbons (Fsp3) is 0.188. The van der Waals surface area contributed by atoms with Gasteiger partial charge in [0, 0.05) is 23.5 Å². The lowest BCUT2D eigenvalue weighted by atomic mass is 9.75. The molecule has 1 N–H and O–H groups in total. The summed E-state index contributed by atoms with van der Waals surface area (Å²) in [7, 11) is 0. The molecule has 4 heteroatoms. The molecule has 1 fully saturated rings. The number of benzene rings is 4. The highest BCUT2D eigenvalue weighted by Crippen LogP contribution is 2.49. The Hall–Kier alpha value is -3.86. The van der Waals surface area contributed by atoms with Crippen molar-refractivity contribution in [2.24, 2.45) is 11.8 Å². The minimum atomic E-state index is -1.02. The van der Waals surface area contributed by atoms with Crippen LogP contribution in [0, 0.1) is 11.8 Å². The minimum Gasteiger partial charge on any atom is -0.386 e. The molecular formula is C32H28O4. The molecule has 0 spiro atoms. The van der Waals surface area contributed by atoms with Gasteiger partial charge in [-0.1, -0.05) is 121 Å². The van der Waals surface area contributed by atoms with Gasteiger partial charge in [-0.25, -0.2) is 0 Å². The van der Waals surface area contributed by atoms with E-state index in [1.165, 1.54) is 0 Å². The molecule has 5 rings (SSSR count). The zero-order chi connectivity index (χ0) is 24.9. The number of Topliss-reactive ketones (excluding diaryl/α,β-unsaturated/α-hetero) is 2. The quantitative estimate of drug-likeness (QED) is 0.305. The zero-order valence-corrected chi connectivity index (χ0v) is 19.8. The molecule has 0 bridgehead atoms. The number of ether oxygens (including phenoxy) is 1. The molecule has 1 heterocycles. The summed E-state index contributed by atoms with van der Waals surface area (Å²) >= 11 is 0. The molecule has 180 valence electrons. The van der Waals surface area contributed by atoms with E-state index in [-0.39, 0.29) is 18.0 Å². The summed E-state index contributed by atoms with van der Waals surface area (Å²) in [4.78, 5) is 27.4. The van der Waals surface area contributed by atoms with Crippen LogP contribution in [0.3, 0.4) is 0 Å². The van der Waals surface area contributed by atoms with E-state index < -0.39 is 30.1 Å². The summed E-state index contributed by atoms with van der Waals surface area (Å²) in [5.41, 5.74) is 2.71. The third-order valence-corrected chi connectivity index (χ3v) is 6.97. The van der Waals surface area contributed by atoms with Gasteiger partial charge in [0.05, 0.1) is 18.1 Å². The predicted molar refractivity (Wildman–Crippen MR) is 139 cm³/mol. The Kier molecular flexibility index (Phi) is 7.17. The minimum absolute atomic E-state index is 0.0501. The normalized spacial score (nSPS) is 22.1. The highest BCUT2D eigenvalue weighted by molar-refractivity contribution is 6.00. The Balaban J connectivity index is 1.58. The summed E-state index contributed by atoms with van der Waals surface area (Å²) in [6, 6.07) is 37.1. The monoisotopic (exact) mass is 476 g/mol. The molecule has 0 aliphatic carbocycles. The SMILES string of the molecule is O=C(C[C@@H]1[C@H](C(=O)c2ccccc2)[C@@H]([C@@H](O)c2ccccc2)O[C@H]1c1ccccc1)c1ccccc1. The lowest BCUT2D eigenvalue weighted by Crippen LogP contribution is -2.34. The number of aliphatic hydroxyl groups is 1. The molecule has 0 aromatic heterocycles. The Labute approximate surface area is 211 Å². The summed E-state index contributed by atoms with van der Waals surface area (Å²) in [6.45, 7) is 0. The van der Waals surface area contributed by atoms with Gasteiger partial charge in [0.25, 0.3) is 0 Å². The zero-order valence-electron chi connectivity index (χ0n) is 19.8. The third-order valence-electron chi connectivity index (χ3n) is 6.97. The van der Waals surface area contributed by atoms with Gasteiger partial charge in [-0.2, -0.15) is 0 Å². The van der Waals surface area contributed by atoms with Crippen LogP contribution in [0.15, 0.2) is 121 Å². The van der Waals surface area contributed by atoms with E-state index in [4.69, 9.17) is 4.74 Å². The second kappa shape index (κ2) is 10.8. The number of aliphatic hydroxyl groups excluding tert-OH is 1. The van der Waals surface area contributed by atoms with Gasteiger partial charge in [0.15, 0.2) is 11.6 Å². The average Bonchev–Trinajstić information content (AvgIpc) is 3.33. The van der Waals surface area contributed by atoms with Crippen LogP contribution >= 0.6 is 0 Å². The number of hydrogen-bond acceptors (Lipinski definition) is 4. The second-order valence-electron chi connectivity index (χ2n) is 9.20. The van der Waals surface area contributed by atoms with Crippen molar-refractivity contribution >= 4 is 11.6 Å². The van der Waals surface area contributed by atoms with E-state index in [1.807, 2.05) is 97.1 Å². The van der Waals surface area contributed by atoms with Gasteiger partial charge in [0.1, 0.15) is 6.10 Å². The molecule has 0 amide bonds. The second-order valence-corrected chi connectivity index (χ2v) is 9.20. The molecule has 0 saturated carbocycles. The summed E-state index contributed by atoms with van der Waals surface area (Å²) < 4.78 is 6.55. The van der Waals surface area contributed by atoms with Crippen molar-refractivity contribution in [2.75, 3.05) is 0 Å². The number of rotatable bonds is 8. The van der Waals surface area contributed by atoms with Crippen molar-refractivity contribution in [3.8, 4) is 0 Å². The maximum absolute atomic E-state index is 14.0. The Morgan fingerprint density at radius 3 is 1.78 bits per heavy atom.